The molecular formula is C16H26N4O3. The summed E-state index contributed by atoms with van der Waals surface area (Å²) in [6, 6.07) is -0.723. The monoisotopic (exact) mass is 322 g/mol. The molecule has 7 nitrogen and oxygen atoms in total. The van der Waals surface area contributed by atoms with Crippen LogP contribution in [0.2, 0.25) is 0 Å². The van der Waals surface area contributed by atoms with E-state index in [1.807, 2.05) is 0 Å². The largest absolute Gasteiger partial charge is 0.368 e. The Morgan fingerprint density at radius 3 is 2.52 bits per heavy atom. The van der Waals surface area contributed by atoms with Crippen molar-refractivity contribution < 1.29 is 14.4 Å². The van der Waals surface area contributed by atoms with Crippen molar-refractivity contribution in [2.45, 2.75) is 69.0 Å². The molecule has 1 aliphatic carbocycles. The second-order valence-corrected chi connectivity index (χ2v) is 6.95. The number of nitrogens with one attached hydrogen (secondary N) is 2. The molecule has 3 fully saturated rings. The van der Waals surface area contributed by atoms with Crippen molar-refractivity contribution in [1.82, 2.24) is 15.5 Å². The normalized spacial score (nSPS) is 30.4. The summed E-state index contributed by atoms with van der Waals surface area (Å²) >= 11 is 0. The average Bonchev–Trinajstić information content (AvgIpc) is 3.19. The second-order valence-electron chi connectivity index (χ2n) is 6.95. The zero-order chi connectivity index (χ0) is 16.4. The van der Waals surface area contributed by atoms with Crippen LogP contribution >= 0.6 is 0 Å². The maximum absolute atomic E-state index is 12.7. The van der Waals surface area contributed by atoms with Gasteiger partial charge in [-0.1, -0.05) is 19.3 Å². The lowest BCUT2D eigenvalue weighted by molar-refractivity contribution is -0.146. The molecule has 2 atom stereocenters. The Kier molecular flexibility index (Phi) is 4.57. The van der Waals surface area contributed by atoms with Crippen LogP contribution in [0.1, 0.15) is 51.4 Å². The highest BCUT2D eigenvalue weighted by Crippen LogP contribution is 2.36. The van der Waals surface area contributed by atoms with Gasteiger partial charge in [0, 0.05) is 6.54 Å². The van der Waals surface area contributed by atoms with Crippen molar-refractivity contribution in [3.05, 3.63) is 0 Å². The summed E-state index contributed by atoms with van der Waals surface area (Å²) in [5.41, 5.74) is 4.81. The predicted molar refractivity (Wildman–Crippen MR) is 84.3 cm³/mol. The summed E-state index contributed by atoms with van der Waals surface area (Å²) in [6.07, 6.45) is 6.51. The first-order valence-electron chi connectivity index (χ1n) is 8.70. The molecule has 128 valence electrons. The summed E-state index contributed by atoms with van der Waals surface area (Å²) in [4.78, 5) is 38.7. The van der Waals surface area contributed by atoms with Gasteiger partial charge in [0.1, 0.15) is 11.6 Å². The van der Waals surface area contributed by atoms with Crippen molar-refractivity contribution >= 4 is 17.7 Å². The van der Waals surface area contributed by atoms with Gasteiger partial charge in [-0.15, -0.1) is 0 Å². The minimum atomic E-state index is -0.847. The quantitative estimate of drug-likeness (QED) is 0.657. The van der Waals surface area contributed by atoms with E-state index >= 15 is 0 Å². The van der Waals surface area contributed by atoms with Crippen LogP contribution in [-0.2, 0) is 14.4 Å². The lowest BCUT2D eigenvalue weighted by Crippen LogP contribution is -2.60. The number of hydrogen-bond acceptors (Lipinski definition) is 4. The maximum atomic E-state index is 12.7. The Labute approximate surface area is 136 Å². The standard InChI is InChI=1S/C16H26N4O3/c17-15(23)16(7-2-1-3-8-16)20-10-6-12(14(20)22)19-13(21)11-5-4-9-18-11/h11-12,18H,1-10H2,(H2,17,23)(H,19,21)/t11-,12+/m0/s1. The zero-order valence-electron chi connectivity index (χ0n) is 13.5. The maximum Gasteiger partial charge on any atom is 0.246 e. The Morgan fingerprint density at radius 2 is 1.91 bits per heavy atom. The van der Waals surface area contributed by atoms with Crippen LogP contribution in [0.4, 0.5) is 0 Å². The third-order valence-electron chi connectivity index (χ3n) is 5.55. The van der Waals surface area contributed by atoms with E-state index in [0.29, 0.717) is 25.8 Å². The highest BCUT2D eigenvalue weighted by molar-refractivity contribution is 5.96. The Hall–Kier alpha value is -1.63. The number of primary amides is 1. The number of nitrogens with two attached hydrogens (primary N) is 1. The van der Waals surface area contributed by atoms with Crippen LogP contribution in [0.3, 0.4) is 0 Å². The van der Waals surface area contributed by atoms with Crippen molar-refractivity contribution in [2.24, 2.45) is 5.73 Å². The fourth-order valence-electron chi connectivity index (χ4n) is 4.21. The molecular weight excluding hydrogens is 296 g/mol. The van der Waals surface area contributed by atoms with E-state index < -0.39 is 17.5 Å². The molecule has 1 saturated carbocycles. The SMILES string of the molecule is NC(=O)C1(N2CC[C@@H](NC(=O)[C@@H]3CCCN3)C2=O)CCCCC1. The fourth-order valence-corrected chi connectivity index (χ4v) is 4.21. The zero-order valence-corrected chi connectivity index (χ0v) is 13.5. The van der Waals surface area contributed by atoms with Crippen molar-refractivity contribution in [2.75, 3.05) is 13.1 Å². The number of likely N-dealkylation sites (tertiary alicyclic amines) is 1. The number of rotatable bonds is 4. The molecule has 0 spiro atoms. The van der Waals surface area contributed by atoms with Gasteiger partial charge in [0.15, 0.2) is 0 Å². The topological polar surface area (TPSA) is 105 Å². The second kappa shape index (κ2) is 6.47. The molecule has 0 aromatic rings. The van der Waals surface area contributed by atoms with Crippen molar-refractivity contribution in [1.29, 1.82) is 0 Å². The molecule has 0 aromatic carbocycles. The summed E-state index contributed by atoms with van der Waals surface area (Å²) in [7, 11) is 0. The van der Waals surface area contributed by atoms with Gasteiger partial charge in [0.2, 0.25) is 17.7 Å². The molecule has 0 aromatic heterocycles. The molecule has 0 radical (unpaired) electrons. The molecule has 2 aliphatic heterocycles. The fraction of sp³-hybridized carbons (Fsp3) is 0.812. The van der Waals surface area contributed by atoms with Crippen LogP contribution in [0.15, 0.2) is 0 Å². The average molecular weight is 322 g/mol. The van der Waals surface area contributed by atoms with Gasteiger partial charge in [0.05, 0.1) is 6.04 Å². The van der Waals surface area contributed by atoms with Gasteiger partial charge in [-0.2, -0.15) is 0 Å². The molecule has 2 heterocycles. The molecule has 4 N–H and O–H groups in total. The van der Waals surface area contributed by atoms with Gasteiger partial charge in [0.25, 0.3) is 0 Å². The third-order valence-corrected chi connectivity index (χ3v) is 5.55. The number of amides is 3. The number of carbonyl (C=O) groups excluding carboxylic acids is 3. The number of nitrogens with zero attached hydrogens (tertiary/aromatic N) is 1. The smallest absolute Gasteiger partial charge is 0.246 e. The Bertz CT molecular complexity index is 496. The minimum Gasteiger partial charge on any atom is -0.368 e. The summed E-state index contributed by atoms with van der Waals surface area (Å²) < 4.78 is 0. The van der Waals surface area contributed by atoms with Crippen LogP contribution in [0.25, 0.3) is 0 Å². The first-order valence-corrected chi connectivity index (χ1v) is 8.70. The molecule has 0 bridgehead atoms. The molecule has 3 amide bonds. The third kappa shape index (κ3) is 2.94. The van der Waals surface area contributed by atoms with Gasteiger partial charge in [-0.3, -0.25) is 14.4 Å². The van der Waals surface area contributed by atoms with E-state index in [-0.39, 0.29) is 17.9 Å². The van der Waals surface area contributed by atoms with Crippen LogP contribution in [-0.4, -0.2) is 53.3 Å². The first-order chi connectivity index (χ1) is 11.0. The molecule has 23 heavy (non-hydrogen) atoms. The number of carbonyl (C=O) groups is 3. The minimum absolute atomic E-state index is 0.112. The summed E-state index contributed by atoms with van der Waals surface area (Å²) in [6.45, 7) is 1.33. The van der Waals surface area contributed by atoms with Crippen LogP contribution in [0.5, 0.6) is 0 Å². The van der Waals surface area contributed by atoms with Gasteiger partial charge in [-0.05, 0) is 38.6 Å². The van der Waals surface area contributed by atoms with Crippen molar-refractivity contribution in [3.8, 4) is 0 Å². The molecule has 7 heteroatoms. The van der Waals surface area contributed by atoms with E-state index in [1.165, 1.54) is 0 Å². The molecule has 3 aliphatic rings. The van der Waals surface area contributed by atoms with E-state index in [1.54, 1.807) is 4.90 Å². The molecule has 0 unspecified atom stereocenters. The van der Waals surface area contributed by atoms with Crippen molar-refractivity contribution in [3.63, 3.8) is 0 Å². The van der Waals surface area contributed by atoms with Crippen LogP contribution < -0.4 is 16.4 Å². The lowest BCUT2D eigenvalue weighted by atomic mass is 9.79. The summed E-state index contributed by atoms with van der Waals surface area (Å²) in [5, 5.41) is 5.99. The predicted octanol–water partition coefficient (Wildman–Crippen LogP) is -0.356. The highest BCUT2D eigenvalue weighted by Gasteiger charge is 2.50. The molecule has 2 saturated heterocycles. The van der Waals surface area contributed by atoms with Gasteiger partial charge in [-0.25, -0.2) is 0 Å². The number of hydrogen-bond donors (Lipinski definition) is 3. The van der Waals surface area contributed by atoms with E-state index in [2.05, 4.69) is 10.6 Å². The van der Waals surface area contributed by atoms with E-state index in [4.69, 9.17) is 5.73 Å². The Morgan fingerprint density at radius 1 is 1.17 bits per heavy atom. The Balaban J connectivity index is 1.67. The highest BCUT2D eigenvalue weighted by atomic mass is 16.2. The summed E-state index contributed by atoms with van der Waals surface area (Å²) in [5.74, 6) is -0.675. The lowest BCUT2D eigenvalue weighted by Gasteiger charge is -2.42. The first kappa shape index (κ1) is 16.2. The van der Waals surface area contributed by atoms with E-state index in [0.717, 1.165) is 38.6 Å². The van der Waals surface area contributed by atoms with E-state index in [9.17, 15) is 14.4 Å². The van der Waals surface area contributed by atoms with Gasteiger partial charge < -0.3 is 21.3 Å². The molecule has 3 rings (SSSR count). The van der Waals surface area contributed by atoms with Gasteiger partial charge >= 0.3 is 0 Å². The van der Waals surface area contributed by atoms with Crippen LogP contribution in [0, 0.1) is 0 Å².